The van der Waals surface area contributed by atoms with Gasteiger partial charge in [0, 0.05) is 17.8 Å². The van der Waals surface area contributed by atoms with Crippen LogP contribution in [0.25, 0.3) is 6.08 Å². The van der Waals surface area contributed by atoms with E-state index in [1.165, 1.54) is 6.08 Å². The fourth-order valence-electron chi connectivity index (χ4n) is 2.89. The van der Waals surface area contributed by atoms with E-state index in [-0.39, 0.29) is 0 Å². The zero-order valence-corrected chi connectivity index (χ0v) is 16.5. The van der Waals surface area contributed by atoms with Crippen LogP contribution >= 0.6 is 0 Å². The number of ether oxygens (including phenoxy) is 1. The quantitative estimate of drug-likeness (QED) is 0.509. The summed E-state index contributed by atoms with van der Waals surface area (Å²) in [5, 5.41) is 20.8. The highest BCUT2D eigenvalue weighted by Gasteiger charge is 2.10. The number of carboxylic acids is 1. The predicted octanol–water partition coefficient (Wildman–Crippen LogP) is 4.79. The fraction of sp³-hybridized carbons (Fsp3) is 0.0870. The summed E-state index contributed by atoms with van der Waals surface area (Å²) >= 11 is 0. The minimum Gasteiger partial charge on any atom is -0.478 e. The van der Waals surface area contributed by atoms with E-state index in [4.69, 9.17) is 20.8 Å². The van der Waals surface area contributed by atoms with Gasteiger partial charge in [-0.05, 0) is 79.1 Å². The smallest absolute Gasteiger partial charge is 0.328 e. The van der Waals surface area contributed by atoms with E-state index in [0.717, 1.165) is 28.5 Å². The second-order valence-electron chi connectivity index (χ2n) is 6.66. The van der Waals surface area contributed by atoms with Gasteiger partial charge in [-0.15, -0.1) is 0 Å². The maximum atomic E-state index is 10.7. The summed E-state index contributed by atoms with van der Waals surface area (Å²) in [6.07, 6.45) is 2.63. The Morgan fingerprint density at radius 3 is 2.43 bits per heavy atom. The summed E-state index contributed by atoms with van der Waals surface area (Å²) in [4.78, 5) is 15.2. The second kappa shape index (κ2) is 8.80. The Hall–Kier alpha value is -4.31. The number of anilines is 3. The van der Waals surface area contributed by atoms with E-state index in [1.54, 1.807) is 36.4 Å². The molecule has 0 fully saturated rings. The lowest BCUT2D eigenvalue weighted by Gasteiger charge is -2.14. The SMILES string of the molecule is Cc1cc(/C=C/C(=O)O)cc(C)c1Oc1ccc(N)c(Nc2ccc(C#N)cc2)n1. The van der Waals surface area contributed by atoms with Crippen LogP contribution in [0, 0.1) is 25.2 Å². The van der Waals surface area contributed by atoms with Crippen LogP contribution < -0.4 is 15.8 Å². The van der Waals surface area contributed by atoms with Crippen LogP contribution in [0.1, 0.15) is 22.3 Å². The minimum atomic E-state index is -1.00. The number of nitriles is 1. The van der Waals surface area contributed by atoms with Crippen molar-refractivity contribution in [3.8, 4) is 17.7 Å². The summed E-state index contributed by atoms with van der Waals surface area (Å²) in [6, 6.07) is 16.1. The number of hydrogen-bond acceptors (Lipinski definition) is 6. The maximum Gasteiger partial charge on any atom is 0.328 e. The standard InChI is InChI=1S/C23H20N4O3/c1-14-11-17(5-10-21(28)29)12-15(2)22(14)30-20-9-8-19(25)23(27-20)26-18-6-3-16(13-24)4-7-18/h3-12H,25H2,1-2H3,(H,26,27)(H,28,29)/b10-5+. The topological polar surface area (TPSA) is 121 Å². The predicted molar refractivity (Wildman–Crippen MR) is 116 cm³/mol. The Bertz CT molecular complexity index is 1140. The van der Waals surface area contributed by atoms with Gasteiger partial charge < -0.3 is 20.9 Å². The number of nitrogens with one attached hydrogen (secondary N) is 1. The molecule has 7 nitrogen and oxygen atoms in total. The van der Waals surface area contributed by atoms with Crippen LogP contribution in [0.3, 0.4) is 0 Å². The van der Waals surface area contributed by atoms with Crippen LogP contribution in [-0.2, 0) is 4.79 Å². The number of nitrogens with two attached hydrogens (primary N) is 1. The average molecular weight is 400 g/mol. The van der Waals surface area contributed by atoms with Gasteiger partial charge in [0.05, 0.1) is 17.3 Å². The van der Waals surface area contributed by atoms with Crippen molar-refractivity contribution in [3.05, 3.63) is 76.9 Å². The van der Waals surface area contributed by atoms with Crippen LogP contribution in [0.15, 0.2) is 54.6 Å². The van der Waals surface area contributed by atoms with Crippen molar-refractivity contribution >= 4 is 29.2 Å². The first-order chi connectivity index (χ1) is 14.4. The van der Waals surface area contributed by atoms with Crippen molar-refractivity contribution in [3.63, 3.8) is 0 Å². The lowest BCUT2D eigenvalue weighted by atomic mass is 10.1. The highest BCUT2D eigenvalue weighted by molar-refractivity contribution is 5.85. The fourth-order valence-corrected chi connectivity index (χ4v) is 2.89. The monoisotopic (exact) mass is 400 g/mol. The molecule has 0 bridgehead atoms. The van der Waals surface area contributed by atoms with Gasteiger partial charge in [-0.3, -0.25) is 0 Å². The van der Waals surface area contributed by atoms with Crippen LogP contribution in [-0.4, -0.2) is 16.1 Å². The molecule has 30 heavy (non-hydrogen) atoms. The molecule has 0 spiro atoms. The first kappa shape index (κ1) is 20.4. The molecule has 0 saturated carbocycles. The molecule has 0 aliphatic carbocycles. The Morgan fingerprint density at radius 1 is 1.17 bits per heavy atom. The number of hydrogen-bond donors (Lipinski definition) is 3. The maximum absolute atomic E-state index is 10.7. The highest BCUT2D eigenvalue weighted by atomic mass is 16.5. The third-order valence-corrected chi connectivity index (χ3v) is 4.29. The normalized spacial score (nSPS) is 10.6. The Kier molecular flexibility index (Phi) is 5.99. The lowest BCUT2D eigenvalue weighted by molar-refractivity contribution is -0.131. The largest absolute Gasteiger partial charge is 0.478 e. The third-order valence-electron chi connectivity index (χ3n) is 4.29. The second-order valence-corrected chi connectivity index (χ2v) is 6.66. The Labute approximate surface area is 174 Å². The number of aliphatic carboxylic acids is 1. The molecule has 0 aliphatic heterocycles. The molecular formula is C23H20N4O3. The molecule has 0 aliphatic rings. The number of nitrogen functional groups attached to an aromatic ring is 1. The molecule has 3 aromatic rings. The molecule has 2 aromatic carbocycles. The summed E-state index contributed by atoms with van der Waals surface area (Å²) in [6.45, 7) is 3.77. The minimum absolute atomic E-state index is 0.361. The van der Waals surface area contributed by atoms with E-state index in [1.807, 2.05) is 26.0 Å². The van der Waals surface area contributed by atoms with Crippen LogP contribution in [0.5, 0.6) is 11.6 Å². The molecular weight excluding hydrogens is 380 g/mol. The molecule has 0 atom stereocenters. The summed E-state index contributed by atoms with van der Waals surface area (Å²) in [7, 11) is 0. The summed E-state index contributed by atoms with van der Waals surface area (Å²) in [5.41, 5.74) is 10.3. The molecule has 0 radical (unpaired) electrons. The average Bonchev–Trinajstić information content (AvgIpc) is 2.72. The number of aryl methyl sites for hydroxylation is 2. The van der Waals surface area contributed by atoms with Crippen molar-refractivity contribution in [2.75, 3.05) is 11.1 Å². The zero-order valence-electron chi connectivity index (χ0n) is 16.5. The lowest BCUT2D eigenvalue weighted by Crippen LogP contribution is -2.01. The first-order valence-electron chi connectivity index (χ1n) is 9.09. The number of nitrogens with zero attached hydrogens (tertiary/aromatic N) is 2. The van der Waals surface area contributed by atoms with Crippen molar-refractivity contribution in [1.82, 2.24) is 4.98 Å². The number of carbonyl (C=O) groups is 1. The number of pyridine rings is 1. The number of benzene rings is 2. The van der Waals surface area contributed by atoms with Gasteiger partial charge in [-0.2, -0.15) is 10.2 Å². The van der Waals surface area contributed by atoms with Gasteiger partial charge in [-0.1, -0.05) is 0 Å². The van der Waals surface area contributed by atoms with Gasteiger partial charge in [0.1, 0.15) is 5.75 Å². The molecule has 0 amide bonds. The highest BCUT2D eigenvalue weighted by Crippen LogP contribution is 2.31. The van der Waals surface area contributed by atoms with Gasteiger partial charge in [-0.25, -0.2) is 4.79 Å². The molecule has 1 aromatic heterocycles. The van der Waals surface area contributed by atoms with Crippen molar-refractivity contribution in [2.24, 2.45) is 0 Å². The number of carboxylic acid groups (broad SMARTS) is 1. The van der Waals surface area contributed by atoms with Crippen LogP contribution in [0.2, 0.25) is 0 Å². The molecule has 4 N–H and O–H groups in total. The van der Waals surface area contributed by atoms with E-state index in [0.29, 0.717) is 28.7 Å². The van der Waals surface area contributed by atoms with E-state index < -0.39 is 5.97 Å². The molecule has 0 unspecified atom stereocenters. The Morgan fingerprint density at radius 2 is 1.83 bits per heavy atom. The zero-order chi connectivity index (χ0) is 21.7. The first-order valence-corrected chi connectivity index (χ1v) is 9.09. The van der Waals surface area contributed by atoms with E-state index in [9.17, 15) is 4.79 Å². The van der Waals surface area contributed by atoms with E-state index in [2.05, 4.69) is 16.4 Å². The summed E-state index contributed by atoms with van der Waals surface area (Å²) < 4.78 is 6.00. The molecule has 0 saturated heterocycles. The van der Waals surface area contributed by atoms with Crippen molar-refractivity contribution in [1.29, 1.82) is 5.26 Å². The van der Waals surface area contributed by atoms with Crippen molar-refractivity contribution < 1.29 is 14.6 Å². The molecule has 7 heteroatoms. The molecule has 1 heterocycles. The third kappa shape index (κ3) is 4.94. The summed E-state index contributed by atoms with van der Waals surface area (Å²) in [5.74, 6) is 0.442. The van der Waals surface area contributed by atoms with E-state index >= 15 is 0 Å². The van der Waals surface area contributed by atoms with Gasteiger partial charge in [0.2, 0.25) is 5.88 Å². The molecule has 3 rings (SSSR count). The van der Waals surface area contributed by atoms with Crippen molar-refractivity contribution in [2.45, 2.75) is 13.8 Å². The van der Waals surface area contributed by atoms with Gasteiger partial charge >= 0.3 is 5.97 Å². The number of aromatic nitrogens is 1. The van der Waals surface area contributed by atoms with Gasteiger partial charge in [0.25, 0.3) is 0 Å². The van der Waals surface area contributed by atoms with Crippen LogP contribution in [0.4, 0.5) is 17.2 Å². The molecule has 150 valence electrons. The number of rotatable bonds is 6. The van der Waals surface area contributed by atoms with Gasteiger partial charge in [0.15, 0.2) is 5.82 Å². The Balaban J connectivity index is 1.84.